The average molecular weight is 301 g/mol. The van der Waals surface area contributed by atoms with Crippen molar-refractivity contribution in [3.05, 3.63) is 33.9 Å². The number of carbonyl (C=O) groups is 1. The molecule has 0 atom stereocenters. The summed E-state index contributed by atoms with van der Waals surface area (Å²) in [6.45, 7) is 2.50. The van der Waals surface area contributed by atoms with Crippen molar-refractivity contribution in [1.82, 2.24) is 5.32 Å². The van der Waals surface area contributed by atoms with E-state index < -0.39 is 46.0 Å². The van der Waals surface area contributed by atoms with Crippen LogP contribution in [0.25, 0.3) is 0 Å². The van der Waals surface area contributed by atoms with Crippen LogP contribution in [0.4, 0.5) is 20.2 Å². The summed E-state index contributed by atoms with van der Waals surface area (Å²) in [7, 11) is 0. The number of nitro benzene ring substituents is 1. The number of hydrogen-bond donors (Lipinski definition) is 2. The molecule has 0 aromatic heterocycles. The van der Waals surface area contributed by atoms with Crippen molar-refractivity contribution in [2.45, 2.75) is 12.5 Å². The van der Waals surface area contributed by atoms with Crippen molar-refractivity contribution in [3.8, 4) is 0 Å². The minimum absolute atomic E-state index is 0.411. The third-order valence-electron chi connectivity index (χ3n) is 3.08. The highest BCUT2D eigenvalue weighted by Crippen LogP contribution is 2.29. The molecule has 1 aliphatic heterocycles. The first-order chi connectivity index (χ1) is 9.82. The van der Waals surface area contributed by atoms with Crippen LogP contribution in [0, 0.1) is 21.7 Å². The van der Waals surface area contributed by atoms with E-state index in [0.29, 0.717) is 19.2 Å². The highest BCUT2D eigenvalue weighted by Gasteiger charge is 2.33. The van der Waals surface area contributed by atoms with E-state index in [2.05, 4.69) is 5.32 Å². The van der Waals surface area contributed by atoms with E-state index in [9.17, 15) is 23.7 Å². The number of amides is 1. The summed E-state index contributed by atoms with van der Waals surface area (Å²) in [4.78, 5) is 21.5. The topological polar surface area (TPSA) is 93.5 Å². The normalized spacial score (nSPS) is 16.1. The Labute approximate surface area is 118 Å². The molecular formula is C12H13F2N3O4. The van der Waals surface area contributed by atoms with Crippen LogP contribution in [-0.4, -0.2) is 36.1 Å². The Morgan fingerprint density at radius 2 is 2.19 bits per heavy atom. The van der Waals surface area contributed by atoms with E-state index in [0.717, 1.165) is 6.07 Å². The number of nitrogens with zero attached hydrogens (tertiary/aromatic N) is 1. The minimum atomic E-state index is -1.48. The van der Waals surface area contributed by atoms with Gasteiger partial charge in [-0.3, -0.25) is 14.9 Å². The third-order valence-corrected chi connectivity index (χ3v) is 3.08. The first kappa shape index (κ1) is 15.3. The number of halogens is 2. The van der Waals surface area contributed by atoms with Gasteiger partial charge in [-0.1, -0.05) is 0 Å². The summed E-state index contributed by atoms with van der Waals surface area (Å²) >= 11 is 0. The average Bonchev–Trinajstić information content (AvgIpc) is 2.39. The predicted octanol–water partition coefficient (Wildman–Crippen LogP) is 1.19. The molecule has 0 saturated carbocycles. The van der Waals surface area contributed by atoms with Crippen molar-refractivity contribution in [3.63, 3.8) is 0 Å². The van der Waals surface area contributed by atoms with Gasteiger partial charge in [-0.2, -0.15) is 0 Å². The number of nitrogens with one attached hydrogen (secondary N) is 2. The standard InChI is InChI=1S/C12H13F2N3O4/c1-12(5-15-6-12)21-4-9(18)16-11-8(17(19)20)3-2-7(13)10(11)14/h2-3,15H,4-6H2,1H3,(H,16,18). The summed E-state index contributed by atoms with van der Waals surface area (Å²) in [5.41, 5.74) is -2.02. The Kier molecular flexibility index (Phi) is 4.14. The smallest absolute Gasteiger partial charge is 0.296 e. The number of benzene rings is 1. The second kappa shape index (κ2) is 5.70. The van der Waals surface area contributed by atoms with Gasteiger partial charge in [0, 0.05) is 19.2 Å². The van der Waals surface area contributed by atoms with Gasteiger partial charge in [0.15, 0.2) is 17.3 Å². The van der Waals surface area contributed by atoms with Crippen LogP contribution in [0.2, 0.25) is 0 Å². The fraction of sp³-hybridized carbons (Fsp3) is 0.417. The lowest BCUT2D eigenvalue weighted by atomic mass is 10.0. The van der Waals surface area contributed by atoms with Gasteiger partial charge in [0.2, 0.25) is 0 Å². The summed E-state index contributed by atoms with van der Waals surface area (Å²) < 4.78 is 32.0. The molecule has 0 bridgehead atoms. The van der Waals surface area contributed by atoms with Crippen molar-refractivity contribution in [2.24, 2.45) is 0 Å². The van der Waals surface area contributed by atoms with Crippen LogP contribution >= 0.6 is 0 Å². The lowest BCUT2D eigenvalue weighted by Gasteiger charge is -2.38. The van der Waals surface area contributed by atoms with Crippen LogP contribution in [0.1, 0.15) is 6.92 Å². The molecule has 0 radical (unpaired) electrons. The van der Waals surface area contributed by atoms with E-state index in [1.165, 1.54) is 0 Å². The SMILES string of the molecule is CC1(OCC(=O)Nc2c([N+](=O)[O-])ccc(F)c2F)CNC1. The Morgan fingerprint density at radius 1 is 1.52 bits per heavy atom. The monoisotopic (exact) mass is 301 g/mol. The molecule has 1 saturated heterocycles. The zero-order chi connectivity index (χ0) is 15.6. The molecule has 114 valence electrons. The quantitative estimate of drug-likeness (QED) is 0.629. The maximum atomic E-state index is 13.6. The van der Waals surface area contributed by atoms with Gasteiger partial charge in [-0.25, -0.2) is 8.78 Å². The van der Waals surface area contributed by atoms with Gasteiger partial charge < -0.3 is 15.4 Å². The zero-order valence-corrected chi connectivity index (χ0v) is 11.1. The largest absolute Gasteiger partial charge is 0.363 e. The summed E-state index contributed by atoms with van der Waals surface area (Å²) in [6, 6.07) is 1.41. The molecule has 1 fully saturated rings. The minimum Gasteiger partial charge on any atom is -0.363 e. The van der Waals surface area contributed by atoms with Crippen molar-refractivity contribution >= 4 is 17.3 Å². The summed E-state index contributed by atoms with van der Waals surface area (Å²) in [5, 5.41) is 15.7. The van der Waals surface area contributed by atoms with Crippen LogP contribution in [-0.2, 0) is 9.53 Å². The summed E-state index contributed by atoms with van der Waals surface area (Å²) in [6.07, 6.45) is 0. The van der Waals surface area contributed by atoms with Gasteiger partial charge in [0.1, 0.15) is 6.61 Å². The lowest BCUT2D eigenvalue weighted by Crippen LogP contribution is -2.59. The Hall–Kier alpha value is -2.13. The van der Waals surface area contributed by atoms with Crippen LogP contribution < -0.4 is 10.6 Å². The zero-order valence-electron chi connectivity index (χ0n) is 11.1. The van der Waals surface area contributed by atoms with E-state index in [4.69, 9.17) is 4.74 Å². The van der Waals surface area contributed by atoms with Gasteiger partial charge in [0.05, 0.1) is 10.5 Å². The number of nitro groups is 1. The molecule has 1 aromatic carbocycles. The molecule has 1 aliphatic rings. The molecular weight excluding hydrogens is 288 g/mol. The number of carbonyl (C=O) groups excluding carboxylic acids is 1. The molecule has 2 N–H and O–H groups in total. The second-order valence-corrected chi connectivity index (χ2v) is 4.90. The van der Waals surface area contributed by atoms with Crippen LogP contribution in [0.15, 0.2) is 12.1 Å². The molecule has 0 unspecified atom stereocenters. The van der Waals surface area contributed by atoms with E-state index in [1.807, 2.05) is 5.32 Å². The van der Waals surface area contributed by atoms with E-state index in [-0.39, 0.29) is 0 Å². The van der Waals surface area contributed by atoms with Gasteiger partial charge in [-0.05, 0) is 13.0 Å². The number of anilines is 1. The lowest BCUT2D eigenvalue weighted by molar-refractivity contribution is -0.384. The van der Waals surface area contributed by atoms with E-state index >= 15 is 0 Å². The van der Waals surface area contributed by atoms with Crippen LogP contribution in [0.5, 0.6) is 0 Å². The molecule has 7 nitrogen and oxygen atoms in total. The predicted molar refractivity (Wildman–Crippen MR) is 68.9 cm³/mol. The Balaban J connectivity index is 2.09. The molecule has 2 rings (SSSR count). The second-order valence-electron chi connectivity index (χ2n) is 4.90. The van der Waals surface area contributed by atoms with Gasteiger partial charge >= 0.3 is 0 Å². The maximum absolute atomic E-state index is 13.6. The summed E-state index contributed by atoms with van der Waals surface area (Å²) in [5.74, 6) is -3.56. The van der Waals surface area contributed by atoms with Crippen molar-refractivity contribution in [2.75, 3.05) is 25.0 Å². The molecule has 0 spiro atoms. The molecule has 0 aliphatic carbocycles. The fourth-order valence-electron chi connectivity index (χ4n) is 1.81. The highest BCUT2D eigenvalue weighted by atomic mass is 19.2. The molecule has 1 aromatic rings. The number of hydrogen-bond acceptors (Lipinski definition) is 5. The third kappa shape index (κ3) is 3.31. The fourth-order valence-corrected chi connectivity index (χ4v) is 1.81. The number of rotatable bonds is 5. The van der Waals surface area contributed by atoms with Crippen molar-refractivity contribution in [1.29, 1.82) is 0 Å². The highest BCUT2D eigenvalue weighted by molar-refractivity contribution is 5.94. The molecule has 9 heteroatoms. The first-order valence-corrected chi connectivity index (χ1v) is 6.09. The Bertz CT molecular complexity index is 590. The maximum Gasteiger partial charge on any atom is 0.296 e. The number of ether oxygens (including phenoxy) is 1. The van der Waals surface area contributed by atoms with E-state index in [1.54, 1.807) is 6.92 Å². The Morgan fingerprint density at radius 3 is 2.71 bits per heavy atom. The molecule has 1 heterocycles. The van der Waals surface area contributed by atoms with Gasteiger partial charge in [0.25, 0.3) is 11.6 Å². The van der Waals surface area contributed by atoms with Crippen LogP contribution in [0.3, 0.4) is 0 Å². The van der Waals surface area contributed by atoms with Gasteiger partial charge in [-0.15, -0.1) is 0 Å². The van der Waals surface area contributed by atoms with Crippen molar-refractivity contribution < 1.29 is 23.2 Å². The molecule has 21 heavy (non-hydrogen) atoms. The molecule has 1 amide bonds. The first-order valence-electron chi connectivity index (χ1n) is 6.09.